The van der Waals surface area contributed by atoms with Gasteiger partial charge in [0.2, 0.25) is 10.0 Å². The number of thiophene rings is 1. The van der Waals surface area contributed by atoms with E-state index in [2.05, 4.69) is 16.8 Å². The van der Waals surface area contributed by atoms with Gasteiger partial charge in [-0.2, -0.15) is 0 Å². The topological polar surface area (TPSA) is 49.4 Å². The average molecular weight is 288 g/mol. The van der Waals surface area contributed by atoms with Crippen LogP contribution in [0, 0.1) is 5.92 Å². The maximum atomic E-state index is 11.7. The summed E-state index contributed by atoms with van der Waals surface area (Å²) in [5.74, 6) is 0.847. The summed E-state index contributed by atoms with van der Waals surface area (Å²) >= 11 is 1.74. The van der Waals surface area contributed by atoms with Gasteiger partial charge in [0, 0.05) is 31.6 Å². The summed E-state index contributed by atoms with van der Waals surface area (Å²) in [5.41, 5.74) is 0. The van der Waals surface area contributed by atoms with Gasteiger partial charge in [0.05, 0.1) is 5.75 Å². The number of rotatable bonds is 7. The van der Waals surface area contributed by atoms with E-state index >= 15 is 0 Å². The maximum absolute atomic E-state index is 11.7. The first-order valence-corrected chi connectivity index (χ1v) is 8.66. The largest absolute Gasteiger partial charge is 0.308 e. The van der Waals surface area contributed by atoms with Crippen LogP contribution in [0.4, 0.5) is 0 Å². The second-order valence-corrected chi connectivity index (χ2v) is 8.16. The van der Waals surface area contributed by atoms with Crippen molar-refractivity contribution in [1.29, 1.82) is 0 Å². The smallest absolute Gasteiger partial charge is 0.214 e. The molecule has 0 bridgehead atoms. The van der Waals surface area contributed by atoms with Crippen LogP contribution in [0.25, 0.3) is 0 Å². The van der Waals surface area contributed by atoms with Gasteiger partial charge in [-0.05, 0) is 30.2 Å². The van der Waals surface area contributed by atoms with Crippen LogP contribution in [0.1, 0.15) is 23.8 Å². The Bertz CT molecular complexity index is 464. The van der Waals surface area contributed by atoms with Crippen molar-refractivity contribution in [3.05, 3.63) is 22.4 Å². The van der Waals surface area contributed by atoms with Crippen LogP contribution < -0.4 is 5.32 Å². The van der Waals surface area contributed by atoms with E-state index in [-0.39, 0.29) is 5.75 Å². The van der Waals surface area contributed by atoms with Crippen molar-refractivity contribution in [3.63, 3.8) is 0 Å². The first-order valence-electron chi connectivity index (χ1n) is 6.17. The Hall–Kier alpha value is -0.430. The van der Waals surface area contributed by atoms with Crippen molar-refractivity contribution in [2.24, 2.45) is 5.92 Å². The number of nitrogens with one attached hydrogen (secondary N) is 1. The third kappa shape index (κ3) is 3.54. The van der Waals surface area contributed by atoms with Crippen molar-refractivity contribution in [2.75, 3.05) is 26.4 Å². The standard InChI is InChI=1S/C12H20N2O2S2/c1-14(2)18(15,16)9-7-13-12(10-5-6-10)11-4-3-8-17-11/h3-4,8,10,12-13H,5-7,9H2,1-2H3. The van der Waals surface area contributed by atoms with E-state index in [9.17, 15) is 8.42 Å². The minimum Gasteiger partial charge on any atom is -0.308 e. The van der Waals surface area contributed by atoms with Crippen LogP contribution in [0.5, 0.6) is 0 Å². The van der Waals surface area contributed by atoms with Crippen molar-refractivity contribution >= 4 is 21.4 Å². The molecule has 0 radical (unpaired) electrons. The lowest BCUT2D eigenvalue weighted by Crippen LogP contribution is -2.33. The van der Waals surface area contributed by atoms with Crippen molar-refractivity contribution in [1.82, 2.24) is 9.62 Å². The molecule has 0 amide bonds. The fourth-order valence-electron chi connectivity index (χ4n) is 1.92. The molecule has 18 heavy (non-hydrogen) atoms. The van der Waals surface area contributed by atoms with Gasteiger partial charge in [0.25, 0.3) is 0 Å². The Morgan fingerprint density at radius 2 is 2.22 bits per heavy atom. The van der Waals surface area contributed by atoms with Crippen LogP contribution in [-0.4, -0.2) is 39.1 Å². The molecular formula is C12H20N2O2S2. The molecule has 1 N–H and O–H groups in total. The quantitative estimate of drug-likeness (QED) is 0.830. The Labute approximate surface area is 113 Å². The summed E-state index contributed by atoms with van der Waals surface area (Å²) in [6, 6.07) is 4.51. The molecule has 2 rings (SSSR count). The van der Waals surface area contributed by atoms with Crippen LogP contribution in [-0.2, 0) is 10.0 Å². The highest BCUT2D eigenvalue weighted by Gasteiger charge is 2.32. The molecule has 1 saturated carbocycles. The number of hydrogen-bond donors (Lipinski definition) is 1. The number of nitrogens with zero attached hydrogens (tertiary/aromatic N) is 1. The predicted molar refractivity (Wildman–Crippen MR) is 75.3 cm³/mol. The fourth-order valence-corrected chi connectivity index (χ4v) is 3.56. The van der Waals surface area contributed by atoms with Crippen LogP contribution >= 0.6 is 11.3 Å². The fraction of sp³-hybridized carbons (Fsp3) is 0.667. The Balaban J connectivity index is 1.88. The van der Waals surface area contributed by atoms with E-state index in [1.807, 2.05) is 6.07 Å². The van der Waals surface area contributed by atoms with Crippen molar-refractivity contribution in [2.45, 2.75) is 18.9 Å². The Morgan fingerprint density at radius 1 is 1.50 bits per heavy atom. The molecule has 0 aromatic carbocycles. The molecule has 1 unspecified atom stereocenters. The molecule has 1 fully saturated rings. The zero-order valence-electron chi connectivity index (χ0n) is 10.8. The molecule has 0 spiro atoms. The van der Waals surface area contributed by atoms with Gasteiger partial charge < -0.3 is 5.32 Å². The van der Waals surface area contributed by atoms with Gasteiger partial charge in [-0.1, -0.05) is 6.07 Å². The third-order valence-corrected chi connectivity index (χ3v) is 6.01. The van der Waals surface area contributed by atoms with E-state index < -0.39 is 10.0 Å². The lowest BCUT2D eigenvalue weighted by atomic mass is 10.1. The number of hydrogen-bond acceptors (Lipinski definition) is 4. The minimum absolute atomic E-state index is 0.161. The molecule has 1 aliphatic carbocycles. The molecule has 0 saturated heterocycles. The van der Waals surface area contributed by atoms with Crippen LogP contribution in [0.15, 0.2) is 17.5 Å². The second kappa shape index (κ2) is 5.69. The molecule has 4 nitrogen and oxygen atoms in total. The SMILES string of the molecule is CN(C)S(=O)(=O)CCNC(c1cccs1)C1CC1. The zero-order valence-corrected chi connectivity index (χ0v) is 12.4. The summed E-state index contributed by atoms with van der Waals surface area (Å²) in [7, 11) is 0.0590. The lowest BCUT2D eigenvalue weighted by Gasteiger charge is -2.18. The lowest BCUT2D eigenvalue weighted by molar-refractivity contribution is 0.488. The van der Waals surface area contributed by atoms with E-state index in [4.69, 9.17) is 0 Å². The first kappa shape index (κ1) is 14.0. The summed E-state index contributed by atoms with van der Waals surface area (Å²) in [4.78, 5) is 1.32. The third-order valence-electron chi connectivity index (χ3n) is 3.22. The van der Waals surface area contributed by atoms with E-state index in [0.717, 1.165) is 0 Å². The molecule has 0 aliphatic heterocycles. The van der Waals surface area contributed by atoms with Gasteiger partial charge >= 0.3 is 0 Å². The van der Waals surface area contributed by atoms with Crippen LogP contribution in [0.3, 0.4) is 0 Å². The maximum Gasteiger partial charge on any atom is 0.214 e. The van der Waals surface area contributed by atoms with E-state index in [0.29, 0.717) is 18.5 Å². The number of sulfonamides is 1. The highest BCUT2D eigenvalue weighted by atomic mass is 32.2. The normalized spacial score (nSPS) is 18.2. The van der Waals surface area contributed by atoms with Crippen molar-refractivity contribution < 1.29 is 8.42 Å². The summed E-state index contributed by atoms with van der Waals surface area (Å²) < 4.78 is 24.6. The highest BCUT2D eigenvalue weighted by molar-refractivity contribution is 7.89. The van der Waals surface area contributed by atoms with Crippen molar-refractivity contribution in [3.8, 4) is 0 Å². The summed E-state index contributed by atoms with van der Waals surface area (Å²) in [6.45, 7) is 0.513. The van der Waals surface area contributed by atoms with Gasteiger partial charge in [0.15, 0.2) is 0 Å². The average Bonchev–Trinajstić information content (AvgIpc) is 2.99. The monoisotopic (exact) mass is 288 g/mol. The molecule has 1 heterocycles. The summed E-state index contributed by atoms with van der Waals surface area (Å²) in [5, 5.41) is 5.47. The first-order chi connectivity index (χ1) is 8.50. The molecule has 1 aliphatic rings. The zero-order chi connectivity index (χ0) is 13.2. The molecule has 1 atom stereocenters. The second-order valence-electron chi connectivity index (χ2n) is 4.88. The predicted octanol–water partition coefficient (Wildman–Crippen LogP) is 1.68. The van der Waals surface area contributed by atoms with Gasteiger partial charge in [-0.15, -0.1) is 11.3 Å². The molecule has 1 aromatic heterocycles. The molecule has 102 valence electrons. The van der Waals surface area contributed by atoms with Gasteiger partial charge in [0.1, 0.15) is 0 Å². The Kier molecular flexibility index (Phi) is 4.42. The Morgan fingerprint density at radius 3 is 2.72 bits per heavy atom. The van der Waals surface area contributed by atoms with Gasteiger partial charge in [-0.3, -0.25) is 0 Å². The molecular weight excluding hydrogens is 268 g/mol. The molecule has 6 heteroatoms. The highest BCUT2D eigenvalue weighted by Crippen LogP contribution is 2.42. The van der Waals surface area contributed by atoms with Gasteiger partial charge in [-0.25, -0.2) is 12.7 Å². The van der Waals surface area contributed by atoms with E-state index in [1.165, 1.54) is 22.0 Å². The van der Waals surface area contributed by atoms with E-state index in [1.54, 1.807) is 25.4 Å². The minimum atomic E-state index is -3.09. The van der Waals surface area contributed by atoms with Crippen LogP contribution in [0.2, 0.25) is 0 Å². The summed E-state index contributed by atoms with van der Waals surface area (Å²) in [6.07, 6.45) is 2.49. The molecule has 1 aromatic rings.